The Morgan fingerprint density at radius 3 is 2.59 bits per heavy atom. The van der Waals surface area contributed by atoms with Crippen molar-refractivity contribution >= 4 is 16.8 Å². The summed E-state index contributed by atoms with van der Waals surface area (Å²) in [7, 11) is 1.81. The molecule has 0 N–H and O–H groups in total. The molecule has 0 unspecified atom stereocenters. The molecule has 0 fully saturated rings. The largest absolute Gasteiger partial charge is 0.337 e. The molecule has 0 radical (unpaired) electrons. The lowest BCUT2D eigenvalue weighted by Crippen LogP contribution is -2.37. The summed E-state index contributed by atoms with van der Waals surface area (Å²) in [5, 5.41) is 0.902. The first-order valence-corrected chi connectivity index (χ1v) is 9.45. The van der Waals surface area contributed by atoms with Gasteiger partial charge in [0.2, 0.25) is 0 Å². The van der Waals surface area contributed by atoms with E-state index in [1.54, 1.807) is 42.9 Å². The van der Waals surface area contributed by atoms with E-state index in [0.29, 0.717) is 12.1 Å². The van der Waals surface area contributed by atoms with Crippen LogP contribution in [0, 0.1) is 0 Å². The number of carbonyl (C=O) groups is 1. The van der Waals surface area contributed by atoms with Crippen LogP contribution in [0.5, 0.6) is 0 Å². The number of likely N-dealkylation sites (N-methyl/N-ethyl adjacent to an activating group) is 1. The average Bonchev–Trinajstić information content (AvgIpc) is 2.78. The average molecular weight is 383 g/mol. The van der Waals surface area contributed by atoms with Crippen molar-refractivity contribution < 1.29 is 4.79 Å². The molecule has 0 bridgehead atoms. The Morgan fingerprint density at radius 1 is 1.03 bits per heavy atom. The van der Waals surface area contributed by atoms with E-state index in [4.69, 9.17) is 0 Å². The number of nitrogens with zero attached hydrogens (tertiary/aromatic N) is 5. The molecule has 29 heavy (non-hydrogen) atoms. The zero-order valence-corrected chi connectivity index (χ0v) is 16.4. The molecule has 144 valence electrons. The summed E-state index contributed by atoms with van der Waals surface area (Å²) >= 11 is 0. The third-order valence-electron chi connectivity index (χ3n) is 5.03. The highest BCUT2D eigenvalue weighted by molar-refractivity contribution is 6.01. The highest BCUT2D eigenvalue weighted by atomic mass is 16.2. The minimum atomic E-state index is -0.123. The maximum Gasteiger partial charge on any atom is 0.272 e. The Kier molecular flexibility index (Phi) is 5.24. The maximum absolute atomic E-state index is 13.2. The topological polar surface area (TPSA) is 71.9 Å². The third kappa shape index (κ3) is 3.96. The minimum Gasteiger partial charge on any atom is -0.337 e. The molecule has 0 spiro atoms. The molecule has 0 aliphatic rings. The number of fused-ring (bicyclic) bond motifs is 1. The summed E-state index contributed by atoms with van der Waals surface area (Å²) in [6, 6.07) is 13.3. The van der Waals surface area contributed by atoms with Crippen LogP contribution in [0.3, 0.4) is 0 Å². The Morgan fingerprint density at radius 2 is 1.83 bits per heavy atom. The second-order valence-corrected chi connectivity index (χ2v) is 6.97. The molecule has 0 aliphatic heterocycles. The first-order valence-electron chi connectivity index (χ1n) is 9.45. The Hall–Kier alpha value is -3.67. The van der Waals surface area contributed by atoms with Crippen molar-refractivity contribution in [1.29, 1.82) is 0 Å². The zero-order chi connectivity index (χ0) is 20.2. The molecule has 4 heterocycles. The van der Waals surface area contributed by atoms with E-state index < -0.39 is 0 Å². The van der Waals surface area contributed by atoms with Crippen molar-refractivity contribution in [2.75, 3.05) is 7.05 Å². The fourth-order valence-electron chi connectivity index (χ4n) is 3.29. The van der Waals surface area contributed by atoms with Crippen LogP contribution < -0.4 is 0 Å². The number of hydrogen-bond acceptors (Lipinski definition) is 5. The number of pyridine rings is 4. The third-order valence-corrected chi connectivity index (χ3v) is 5.03. The van der Waals surface area contributed by atoms with Crippen LogP contribution in [0.1, 0.15) is 23.1 Å². The molecule has 0 saturated heterocycles. The van der Waals surface area contributed by atoms with E-state index >= 15 is 0 Å². The summed E-state index contributed by atoms with van der Waals surface area (Å²) in [5.74, 6) is -0.123. The van der Waals surface area contributed by atoms with Crippen LogP contribution in [0.15, 0.2) is 73.4 Å². The monoisotopic (exact) mass is 383 g/mol. The maximum atomic E-state index is 13.2. The van der Waals surface area contributed by atoms with E-state index in [1.807, 2.05) is 49.4 Å². The van der Waals surface area contributed by atoms with Crippen LogP contribution in [-0.4, -0.2) is 43.8 Å². The molecular weight excluding hydrogens is 362 g/mol. The van der Waals surface area contributed by atoms with Crippen molar-refractivity contribution in [3.63, 3.8) is 0 Å². The summed E-state index contributed by atoms with van der Waals surface area (Å²) in [4.78, 5) is 32.2. The van der Waals surface area contributed by atoms with Gasteiger partial charge < -0.3 is 4.90 Å². The van der Waals surface area contributed by atoms with Crippen LogP contribution in [0.2, 0.25) is 0 Å². The fraction of sp³-hybridized carbons (Fsp3) is 0.174. The van der Waals surface area contributed by atoms with Gasteiger partial charge in [-0.2, -0.15) is 0 Å². The van der Waals surface area contributed by atoms with Gasteiger partial charge in [-0.25, -0.2) is 4.98 Å². The van der Waals surface area contributed by atoms with E-state index in [0.717, 1.165) is 27.7 Å². The summed E-state index contributed by atoms with van der Waals surface area (Å²) in [6.07, 6.45) is 9.38. The predicted molar refractivity (Wildman–Crippen MR) is 112 cm³/mol. The van der Waals surface area contributed by atoms with Gasteiger partial charge in [0, 0.05) is 61.6 Å². The summed E-state index contributed by atoms with van der Waals surface area (Å²) in [6.45, 7) is 2.02. The van der Waals surface area contributed by atoms with Crippen molar-refractivity contribution in [2.45, 2.75) is 19.4 Å². The van der Waals surface area contributed by atoms with E-state index in [2.05, 4.69) is 19.9 Å². The van der Waals surface area contributed by atoms with Gasteiger partial charge in [0.25, 0.3) is 5.91 Å². The quantitative estimate of drug-likeness (QED) is 0.524. The molecule has 6 heteroatoms. The van der Waals surface area contributed by atoms with Crippen molar-refractivity contribution in [3.8, 4) is 11.1 Å². The molecule has 4 aromatic heterocycles. The van der Waals surface area contributed by atoms with Crippen LogP contribution in [0.4, 0.5) is 0 Å². The van der Waals surface area contributed by atoms with Gasteiger partial charge in [-0.1, -0.05) is 6.07 Å². The lowest BCUT2D eigenvalue weighted by atomic mass is 10.0. The highest BCUT2D eigenvalue weighted by Gasteiger charge is 2.21. The van der Waals surface area contributed by atoms with Gasteiger partial charge in [0.1, 0.15) is 5.69 Å². The highest BCUT2D eigenvalue weighted by Crippen LogP contribution is 2.28. The SMILES string of the molecule is C[C@@H](Cc1ccccn1)N(C)C(=O)c1cc(-c2ccncc2)c2cnccc2n1. The zero-order valence-electron chi connectivity index (χ0n) is 16.4. The Balaban J connectivity index is 1.69. The van der Waals surface area contributed by atoms with Gasteiger partial charge in [0.15, 0.2) is 0 Å². The van der Waals surface area contributed by atoms with E-state index in [1.165, 1.54) is 0 Å². The van der Waals surface area contributed by atoms with Crippen LogP contribution in [0.25, 0.3) is 22.0 Å². The fourth-order valence-corrected chi connectivity index (χ4v) is 3.29. The van der Waals surface area contributed by atoms with Gasteiger partial charge >= 0.3 is 0 Å². The normalized spacial score (nSPS) is 11.9. The number of hydrogen-bond donors (Lipinski definition) is 0. The molecule has 4 rings (SSSR count). The Bertz CT molecular complexity index is 1130. The first-order chi connectivity index (χ1) is 14.1. The van der Waals surface area contributed by atoms with Crippen molar-refractivity contribution in [3.05, 3.63) is 84.8 Å². The number of rotatable bonds is 5. The molecule has 6 nitrogen and oxygen atoms in total. The van der Waals surface area contributed by atoms with Gasteiger partial charge in [-0.05, 0) is 54.4 Å². The lowest BCUT2D eigenvalue weighted by Gasteiger charge is -2.25. The van der Waals surface area contributed by atoms with E-state index in [-0.39, 0.29) is 11.9 Å². The molecular formula is C23H21N5O. The predicted octanol–water partition coefficient (Wildman–Crippen LogP) is 3.79. The minimum absolute atomic E-state index is 0.0169. The molecule has 1 atom stereocenters. The first kappa shape index (κ1) is 18.7. The molecule has 4 aromatic rings. The molecule has 0 aliphatic carbocycles. The summed E-state index contributed by atoms with van der Waals surface area (Å²) in [5.41, 5.74) is 3.99. The van der Waals surface area contributed by atoms with Crippen LogP contribution >= 0.6 is 0 Å². The lowest BCUT2D eigenvalue weighted by molar-refractivity contribution is 0.0737. The second kappa shape index (κ2) is 8.14. The number of carbonyl (C=O) groups excluding carboxylic acids is 1. The molecule has 1 amide bonds. The van der Waals surface area contributed by atoms with Crippen molar-refractivity contribution in [1.82, 2.24) is 24.8 Å². The molecule has 0 aromatic carbocycles. The van der Waals surface area contributed by atoms with Crippen LogP contribution in [-0.2, 0) is 6.42 Å². The van der Waals surface area contributed by atoms with Gasteiger partial charge in [0.05, 0.1) is 5.52 Å². The van der Waals surface area contributed by atoms with Gasteiger partial charge in [-0.15, -0.1) is 0 Å². The molecule has 0 saturated carbocycles. The second-order valence-electron chi connectivity index (χ2n) is 6.97. The van der Waals surface area contributed by atoms with Gasteiger partial charge in [-0.3, -0.25) is 19.7 Å². The summed E-state index contributed by atoms with van der Waals surface area (Å²) < 4.78 is 0. The van der Waals surface area contributed by atoms with E-state index in [9.17, 15) is 4.79 Å². The smallest absolute Gasteiger partial charge is 0.272 e. The number of aromatic nitrogens is 4. The standard InChI is InChI=1S/C23H21N5O/c1-16(13-18-5-3-4-9-26-18)28(2)23(29)22-14-19(17-6-10-24-11-7-17)20-15-25-12-8-21(20)27-22/h3-12,14-16H,13H2,1-2H3/t16-/m0/s1. The Labute approximate surface area is 169 Å². The number of amides is 1. The van der Waals surface area contributed by atoms with Crippen molar-refractivity contribution in [2.24, 2.45) is 0 Å².